The number of ether oxygens (including phenoxy) is 1. The molecule has 0 spiro atoms. The first-order valence-corrected chi connectivity index (χ1v) is 8.45. The minimum absolute atomic E-state index is 0.157. The number of rotatable bonds is 5. The standard InChI is InChI=1S/C20H17N3O5/c1-13(28-16-11-10-14-6-2-3-7-15(14)12-16)19(24)21-22-20(25)17-8-4-5-9-18(17)23(26)27/h2-13H,1H3,(H,21,24)(H,22,25)/t13-/m0/s1. The van der Waals surface area contributed by atoms with Crippen molar-refractivity contribution in [3.63, 3.8) is 0 Å². The predicted molar refractivity (Wildman–Crippen MR) is 103 cm³/mol. The normalized spacial score (nSPS) is 11.5. The van der Waals surface area contributed by atoms with Gasteiger partial charge in [0.1, 0.15) is 11.3 Å². The van der Waals surface area contributed by atoms with Gasteiger partial charge in [0.05, 0.1) is 4.92 Å². The Bertz CT molecular complexity index is 1050. The molecule has 0 aliphatic heterocycles. The SMILES string of the molecule is C[C@H](Oc1ccc2ccccc2c1)C(=O)NNC(=O)c1ccccc1[N+](=O)[O-]. The zero-order valence-corrected chi connectivity index (χ0v) is 14.9. The van der Waals surface area contributed by atoms with Gasteiger partial charge in [-0.2, -0.15) is 0 Å². The van der Waals surface area contributed by atoms with E-state index in [0.717, 1.165) is 10.8 Å². The summed E-state index contributed by atoms with van der Waals surface area (Å²) in [6, 6.07) is 18.6. The number of carbonyl (C=O) groups excluding carboxylic acids is 2. The minimum Gasteiger partial charge on any atom is -0.481 e. The van der Waals surface area contributed by atoms with Gasteiger partial charge in [-0.15, -0.1) is 0 Å². The third kappa shape index (κ3) is 4.24. The van der Waals surface area contributed by atoms with Crippen LogP contribution in [0.2, 0.25) is 0 Å². The summed E-state index contributed by atoms with van der Waals surface area (Å²) in [5.41, 5.74) is 3.88. The molecular weight excluding hydrogens is 362 g/mol. The summed E-state index contributed by atoms with van der Waals surface area (Å²) in [5.74, 6) is -0.884. The lowest BCUT2D eigenvalue weighted by molar-refractivity contribution is -0.385. The lowest BCUT2D eigenvalue weighted by atomic mass is 10.1. The van der Waals surface area contributed by atoms with E-state index in [1.165, 1.54) is 31.2 Å². The first-order valence-electron chi connectivity index (χ1n) is 8.45. The van der Waals surface area contributed by atoms with Crippen LogP contribution in [0.5, 0.6) is 5.75 Å². The number of hydrogen-bond acceptors (Lipinski definition) is 5. The highest BCUT2D eigenvalue weighted by Gasteiger charge is 2.21. The Labute approximate surface area is 160 Å². The van der Waals surface area contributed by atoms with Crippen LogP contribution in [0.4, 0.5) is 5.69 Å². The second-order valence-corrected chi connectivity index (χ2v) is 5.99. The zero-order valence-electron chi connectivity index (χ0n) is 14.9. The molecule has 2 amide bonds. The molecule has 0 aliphatic rings. The summed E-state index contributed by atoms with van der Waals surface area (Å²) >= 11 is 0. The third-order valence-corrected chi connectivity index (χ3v) is 4.05. The van der Waals surface area contributed by atoms with Crippen molar-refractivity contribution in [3.8, 4) is 5.75 Å². The highest BCUT2D eigenvalue weighted by Crippen LogP contribution is 2.21. The fourth-order valence-electron chi connectivity index (χ4n) is 2.61. The summed E-state index contributed by atoms with van der Waals surface area (Å²) in [6.07, 6.45) is -0.896. The van der Waals surface area contributed by atoms with Gasteiger partial charge in [0.25, 0.3) is 17.5 Å². The van der Waals surface area contributed by atoms with Gasteiger partial charge < -0.3 is 4.74 Å². The van der Waals surface area contributed by atoms with Crippen LogP contribution in [0.15, 0.2) is 66.7 Å². The molecule has 8 heteroatoms. The number of benzene rings is 3. The topological polar surface area (TPSA) is 111 Å². The monoisotopic (exact) mass is 379 g/mol. The number of carbonyl (C=O) groups is 2. The fraction of sp³-hybridized carbons (Fsp3) is 0.100. The van der Waals surface area contributed by atoms with E-state index >= 15 is 0 Å². The van der Waals surface area contributed by atoms with Gasteiger partial charge >= 0.3 is 0 Å². The van der Waals surface area contributed by atoms with E-state index < -0.39 is 22.8 Å². The molecule has 3 rings (SSSR count). The minimum atomic E-state index is -0.896. The highest BCUT2D eigenvalue weighted by molar-refractivity contribution is 5.99. The van der Waals surface area contributed by atoms with E-state index in [2.05, 4.69) is 10.9 Å². The van der Waals surface area contributed by atoms with E-state index in [-0.39, 0.29) is 11.3 Å². The molecule has 0 aromatic heterocycles. The van der Waals surface area contributed by atoms with E-state index in [1.807, 2.05) is 36.4 Å². The number of amides is 2. The lowest BCUT2D eigenvalue weighted by Crippen LogP contribution is -2.47. The maximum atomic E-state index is 12.2. The van der Waals surface area contributed by atoms with Crippen molar-refractivity contribution in [1.29, 1.82) is 0 Å². The maximum absolute atomic E-state index is 12.2. The number of para-hydroxylation sites is 1. The first kappa shape index (κ1) is 18.8. The summed E-state index contributed by atoms with van der Waals surface area (Å²) in [6.45, 7) is 1.53. The Balaban J connectivity index is 1.61. The van der Waals surface area contributed by atoms with Crippen molar-refractivity contribution >= 4 is 28.3 Å². The lowest BCUT2D eigenvalue weighted by Gasteiger charge is -2.15. The van der Waals surface area contributed by atoms with Crippen molar-refractivity contribution in [2.75, 3.05) is 0 Å². The molecular formula is C20H17N3O5. The summed E-state index contributed by atoms with van der Waals surface area (Å²) < 4.78 is 5.61. The molecule has 3 aromatic rings. The maximum Gasteiger partial charge on any atom is 0.282 e. The Morgan fingerprint density at radius 2 is 1.64 bits per heavy atom. The fourth-order valence-corrected chi connectivity index (χ4v) is 2.61. The molecule has 0 heterocycles. The Morgan fingerprint density at radius 1 is 0.964 bits per heavy atom. The quantitative estimate of drug-likeness (QED) is 0.523. The average molecular weight is 379 g/mol. The molecule has 0 saturated heterocycles. The van der Waals surface area contributed by atoms with Gasteiger partial charge in [0.2, 0.25) is 0 Å². The second kappa shape index (κ2) is 8.17. The largest absolute Gasteiger partial charge is 0.481 e. The number of hydrazine groups is 1. The molecule has 2 N–H and O–H groups in total. The van der Waals surface area contributed by atoms with Crippen molar-refractivity contribution in [2.24, 2.45) is 0 Å². The number of fused-ring (bicyclic) bond motifs is 1. The van der Waals surface area contributed by atoms with Gasteiger partial charge in [-0.1, -0.05) is 42.5 Å². The molecule has 8 nitrogen and oxygen atoms in total. The zero-order chi connectivity index (χ0) is 20.1. The highest BCUT2D eigenvalue weighted by atomic mass is 16.6. The van der Waals surface area contributed by atoms with Crippen LogP contribution in [0.25, 0.3) is 10.8 Å². The van der Waals surface area contributed by atoms with Gasteiger partial charge in [0.15, 0.2) is 6.10 Å². The first-order chi connectivity index (χ1) is 13.5. The molecule has 0 unspecified atom stereocenters. The number of hydrogen-bond donors (Lipinski definition) is 2. The number of nitro benzene ring substituents is 1. The number of nitro groups is 1. The molecule has 142 valence electrons. The van der Waals surface area contributed by atoms with Crippen LogP contribution < -0.4 is 15.6 Å². The van der Waals surface area contributed by atoms with Crippen molar-refractivity contribution in [1.82, 2.24) is 10.9 Å². The van der Waals surface area contributed by atoms with Gasteiger partial charge in [-0.25, -0.2) is 0 Å². The third-order valence-electron chi connectivity index (χ3n) is 4.05. The molecule has 1 atom stereocenters. The number of nitrogens with one attached hydrogen (secondary N) is 2. The summed E-state index contributed by atoms with van der Waals surface area (Å²) in [5, 5.41) is 13.0. The molecule has 0 radical (unpaired) electrons. The molecule has 0 aliphatic carbocycles. The van der Waals surface area contributed by atoms with Crippen LogP contribution in [-0.2, 0) is 4.79 Å². The van der Waals surface area contributed by atoms with E-state index in [9.17, 15) is 19.7 Å². The summed E-state index contributed by atoms with van der Waals surface area (Å²) in [7, 11) is 0. The Hall–Kier alpha value is -3.94. The average Bonchev–Trinajstić information content (AvgIpc) is 2.71. The molecule has 3 aromatic carbocycles. The smallest absolute Gasteiger partial charge is 0.282 e. The Morgan fingerprint density at radius 3 is 2.39 bits per heavy atom. The van der Waals surface area contributed by atoms with Crippen LogP contribution in [0, 0.1) is 10.1 Å². The van der Waals surface area contributed by atoms with Crippen LogP contribution >= 0.6 is 0 Å². The van der Waals surface area contributed by atoms with Crippen molar-refractivity contribution in [2.45, 2.75) is 13.0 Å². The van der Waals surface area contributed by atoms with E-state index in [0.29, 0.717) is 5.75 Å². The Kier molecular flexibility index (Phi) is 5.50. The van der Waals surface area contributed by atoms with Crippen molar-refractivity contribution in [3.05, 3.63) is 82.4 Å². The molecule has 0 fully saturated rings. The van der Waals surface area contributed by atoms with Crippen LogP contribution in [-0.4, -0.2) is 22.8 Å². The van der Waals surface area contributed by atoms with Crippen molar-refractivity contribution < 1.29 is 19.2 Å². The molecule has 0 bridgehead atoms. The molecule has 28 heavy (non-hydrogen) atoms. The van der Waals surface area contributed by atoms with Gasteiger partial charge in [-0.05, 0) is 35.9 Å². The van der Waals surface area contributed by atoms with E-state index in [1.54, 1.807) is 6.07 Å². The number of nitrogens with zero attached hydrogens (tertiary/aromatic N) is 1. The van der Waals surface area contributed by atoms with Crippen LogP contribution in [0.3, 0.4) is 0 Å². The summed E-state index contributed by atoms with van der Waals surface area (Å²) in [4.78, 5) is 34.6. The molecule has 0 saturated carbocycles. The van der Waals surface area contributed by atoms with Crippen LogP contribution in [0.1, 0.15) is 17.3 Å². The van der Waals surface area contributed by atoms with E-state index in [4.69, 9.17) is 4.74 Å². The predicted octanol–water partition coefficient (Wildman–Crippen LogP) is 2.98. The second-order valence-electron chi connectivity index (χ2n) is 5.99. The van der Waals surface area contributed by atoms with Gasteiger partial charge in [-0.3, -0.25) is 30.6 Å². The van der Waals surface area contributed by atoms with Gasteiger partial charge in [0, 0.05) is 6.07 Å².